The molecule has 0 spiro atoms. The number of fused-ring (bicyclic) bond motifs is 5. The largest absolute Gasteiger partial charge is 0.459 e. The second-order valence-electron chi connectivity index (χ2n) is 16.8. The van der Waals surface area contributed by atoms with E-state index in [9.17, 15) is 9.59 Å². The number of carbonyl (C=O) groups excluding carboxylic acids is 2. The van der Waals surface area contributed by atoms with E-state index in [-0.39, 0.29) is 44.9 Å². The number of rotatable bonds is 5. The Balaban J connectivity index is 1.75. The van der Waals surface area contributed by atoms with Gasteiger partial charge in [-0.2, -0.15) is 0 Å². The van der Waals surface area contributed by atoms with E-state index in [1.807, 2.05) is 0 Å². The minimum absolute atomic E-state index is 0.00647. The Kier molecular flexibility index (Phi) is 7.23. The highest BCUT2D eigenvalue weighted by Gasteiger charge is 2.69. The molecule has 4 aliphatic rings. The van der Waals surface area contributed by atoms with E-state index in [4.69, 9.17) is 4.74 Å². The summed E-state index contributed by atoms with van der Waals surface area (Å²) >= 11 is 0. The van der Waals surface area contributed by atoms with Crippen LogP contribution < -0.4 is 0 Å². The highest BCUT2D eigenvalue weighted by molar-refractivity contribution is 5.97. The third kappa shape index (κ3) is 4.18. The number of hydrogen-bond acceptors (Lipinski definition) is 3. The maximum absolute atomic E-state index is 14.1. The number of esters is 1. The van der Waals surface area contributed by atoms with Gasteiger partial charge >= 0.3 is 5.97 Å². The maximum atomic E-state index is 14.1. The molecule has 3 nitrogen and oxygen atoms in total. The van der Waals surface area contributed by atoms with Gasteiger partial charge in [0.1, 0.15) is 5.60 Å². The van der Waals surface area contributed by atoms with Crippen molar-refractivity contribution in [2.24, 2.45) is 56.7 Å². The molecule has 3 saturated carbocycles. The van der Waals surface area contributed by atoms with Gasteiger partial charge in [0.05, 0.1) is 0 Å². The van der Waals surface area contributed by atoms with Crippen LogP contribution in [0.3, 0.4) is 0 Å². The van der Waals surface area contributed by atoms with Crippen molar-refractivity contribution in [3.63, 3.8) is 0 Å². The van der Waals surface area contributed by atoms with Gasteiger partial charge in [-0.15, -0.1) is 0 Å². The fraction of sp³-hybridized carbons (Fsp3) is 0.886. The SMILES string of the molecule is CC(=O)O[C@@](C)([C@H](C)CCC(C)(C)C)[C@H]1CC[C@@]2(C)C3=CC(=O)[C@]4(C)C[C@H](C)[C@H](C)C[C@]4(C)C3CC[C@]12C. The first-order valence-corrected chi connectivity index (χ1v) is 15.7. The van der Waals surface area contributed by atoms with Gasteiger partial charge in [-0.1, -0.05) is 74.8 Å². The van der Waals surface area contributed by atoms with E-state index in [1.165, 1.54) is 5.57 Å². The maximum Gasteiger partial charge on any atom is 0.303 e. The Bertz CT molecular complexity index is 1000. The van der Waals surface area contributed by atoms with Crippen LogP contribution in [0.2, 0.25) is 0 Å². The van der Waals surface area contributed by atoms with Crippen LogP contribution in [0.4, 0.5) is 0 Å². The minimum Gasteiger partial charge on any atom is -0.459 e. The van der Waals surface area contributed by atoms with Crippen molar-refractivity contribution in [2.75, 3.05) is 0 Å². The second-order valence-corrected chi connectivity index (χ2v) is 16.8. The molecular formula is C35H58O3. The summed E-state index contributed by atoms with van der Waals surface area (Å²) in [4.78, 5) is 26.6. The lowest BCUT2D eigenvalue weighted by Crippen LogP contribution is -2.61. The van der Waals surface area contributed by atoms with Crippen LogP contribution >= 0.6 is 0 Å². The van der Waals surface area contributed by atoms with Crippen molar-refractivity contribution in [2.45, 2.75) is 140 Å². The minimum atomic E-state index is -0.511. The van der Waals surface area contributed by atoms with Crippen molar-refractivity contribution in [3.8, 4) is 0 Å². The lowest BCUT2D eigenvalue weighted by Gasteiger charge is -2.65. The Hall–Kier alpha value is -1.12. The summed E-state index contributed by atoms with van der Waals surface area (Å²) < 4.78 is 6.39. The molecule has 0 aromatic carbocycles. The molecule has 0 amide bonds. The lowest BCUT2D eigenvalue weighted by molar-refractivity contribution is -0.183. The molecule has 0 radical (unpaired) electrons. The predicted molar refractivity (Wildman–Crippen MR) is 157 cm³/mol. The first-order valence-electron chi connectivity index (χ1n) is 15.7. The first-order chi connectivity index (χ1) is 17.3. The number of ether oxygens (including phenoxy) is 1. The summed E-state index contributed by atoms with van der Waals surface area (Å²) in [6, 6.07) is 0. The average Bonchev–Trinajstić information content (AvgIpc) is 3.06. The number of hydrogen-bond donors (Lipinski definition) is 0. The van der Waals surface area contributed by atoms with Gasteiger partial charge in [-0.25, -0.2) is 0 Å². The molecule has 0 bridgehead atoms. The van der Waals surface area contributed by atoms with Gasteiger partial charge in [-0.05, 0) is 110 Å². The zero-order valence-corrected chi connectivity index (χ0v) is 26.8. The highest BCUT2D eigenvalue weighted by Crippen LogP contribution is 2.74. The van der Waals surface area contributed by atoms with Crippen molar-refractivity contribution in [1.29, 1.82) is 0 Å². The standard InChI is InChI=1S/C35H58O3/c1-22-20-33(10)26-14-17-32(9)28(35(12,38-25(4)36)24(3)13-16-30(5,6)7)15-18-31(32,8)27(26)19-29(37)34(33,11)21-23(22)2/h19,22-24,26,28H,13-18,20-21H2,1-12H3/t22-,23+,24-,26?,28+,31+,32-,33-,34+,35+/m1/s1. The van der Waals surface area contributed by atoms with Crippen molar-refractivity contribution in [1.82, 2.24) is 0 Å². The number of carbonyl (C=O) groups is 2. The van der Waals surface area contributed by atoms with E-state index in [2.05, 4.69) is 82.2 Å². The van der Waals surface area contributed by atoms with E-state index >= 15 is 0 Å². The summed E-state index contributed by atoms with van der Waals surface area (Å²) in [6.45, 7) is 27.5. The number of allylic oxidation sites excluding steroid dienone is 2. The van der Waals surface area contributed by atoms with Crippen LogP contribution in [0.25, 0.3) is 0 Å². The van der Waals surface area contributed by atoms with E-state index in [0.717, 1.165) is 51.4 Å². The van der Waals surface area contributed by atoms with E-state index < -0.39 is 5.60 Å². The normalized spacial score (nSPS) is 45.3. The molecule has 0 saturated heterocycles. The molecule has 1 unspecified atom stereocenters. The van der Waals surface area contributed by atoms with Gasteiger partial charge in [0, 0.05) is 18.3 Å². The number of ketones is 1. The summed E-state index contributed by atoms with van der Waals surface area (Å²) in [6.07, 6.45) is 10.9. The molecule has 10 atom stereocenters. The first kappa shape index (κ1) is 29.9. The van der Waals surface area contributed by atoms with Crippen LogP contribution in [0.1, 0.15) is 134 Å². The van der Waals surface area contributed by atoms with Crippen LogP contribution in [0.15, 0.2) is 11.6 Å². The molecule has 3 fully saturated rings. The third-order valence-electron chi connectivity index (χ3n) is 13.6. The van der Waals surface area contributed by atoms with Crippen LogP contribution in [-0.2, 0) is 14.3 Å². The Morgan fingerprint density at radius 3 is 2.16 bits per heavy atom. The highest BCUT2D eigenvalue weighted by atomic mass is 16.6. The zero-order valence-electron chi connectivity index (χ0n) is 26.8. The molecule has 0 N–H and O–H groups in total. The monoisotopic (exact) mass is 526 g/mol. The molecule has 38 heavy (non-hydrogen) atoms. The summed E-state index contributed by atoms with van der Waals surface area (Å²) in [7, 11) is 0. The molecular weight excluding hydrogens is 468 g/mol. The summed E-state index contributed by atoms with van der Waals surface area (Å²) in [5.74, 6) is 2.47. The van der Waals surface area contributed by atoms with Crippen LogP contribution in [-0.4, -0.2) is 17.4 Å². The van der Waals surface area contributed by atoms with Crippen LogP contribution in [0.5, 0.6) is 0 Å². The Morgan fingerprint density at radius 2 is 1.58 bits per heavy atom. The molecule has 0 aromatic heterocycles. The second kappa shape index (κ2) is 9.20. The molecule has 0 heterocycles. The Morgan fingerprint density at radius 1 is 0.974 bits per heavy atom. The molecule has 4 aliphatic carbocycles. The van der Waals surface area contributed by atoms with Gasteiger partial charge in [-0.3, -0.25) is 9.59 Å². The zero-order chi connectivity index (χ0) is 28.7. The quantitative estimate of drug-likeness (QED) is 0.335. The Labute approximate surface area is 234 Å². The van der Waals surface area contributed by atoms with Crippen molar-refractivity contribution in [3.05, 3.63) is 11.6 Å². The molecule has 4 rings (SSSR count). The van der Waals surface area contributed by atoms with Gasteiger partial charge < -0.3 is 4.74 Å². The van der Waals surface area contributed by atoms with Crippen molar-refractivity contribution >= 4 is 11.8 Å². The van der Waals surface area contributed by atoms with Gasteiger partial charge in [0.2, 0.25) is 0 Å². The average molecular weight is 527 g/mol. The summed E-state index contributed by atoms with van der Waals surface area (Å²) in [5.41, 5.74) is 0.883. The lowest BCUT2D eigenvalue weighted by atomic mass is 9.38. The van der Waals surface area contributed by atoms with Gasteiger partial charge in [0.25, 0.3) is 0 Å². The smallest absolute Gasteiger partial charge is 0.303 e. The predicted octanol–water partition coefficient (Wildman–Crippen LogP) is 9.19. The third-order valence-corrected chi connectivity index (χ3v) is 13.6. The topological polar surface area (TPSA) is 43.4 Å². The molecule has 0 aliphatic heterocycles. The summed E-state index contributed by atoms with van der Waals surface area (Å²) in [5, 5.41) is 0. The van der Waals surface area contributed by atoms with Gasteiger partial charge in [0.15, 0.2) is 5.78 Å². The molecule has 216 valence electrons. The molecule has 3 heteroatoms. The van der Waals surface area contributed by atoms with Crippen LogP contribution in [0, 0.1) is 56.7 Å². The fourth-order valence-electron chi connectivity index (χ4n) is 10.3. The van der Waals surface area contributed by atoms with Crippen molar-refractivity contribution < 1.29 is 14.3 Å². The van der Waals surface area contributed by atoms with E-state index in [0.29, 0.717) is 23.5 Å². The fourth-order valence-corrected chi connectivity index (χ4v) is 10.3. The van der Waals surface area contributed by atoms with E-state index in [1.54, 1.807) is 6.92 Å². The molecule has 0 aromatic rings.